The van der Waals surface area contributed by atoms with Crippen LogP contribution in [-0.4, -0.2) is 23.5 Å². The highest BCUT2D eigenvalue weighted by molar-refractivity contribution is 5.70. The molecule has 0 aliphatic heterocycles. The molecule has 0 saturated carbocycles. The lowest BCUT2D eigenvalue weighted by molar-refractivity contribution is -0.482. The molecule has 0 amide bonds. The third-order valence-electron chi connectivity index (χ3n) is 0.703. The van der Waals surface area contributed by atoms with Gasteiger partial charge in [-0.25, -0.2) is 0 Å². The minimum Gasteiger partial charge on any atom is -0.542 e. The molecule has 0 radical (unpaired) electrons. The number of aliphatic carboxylic acids is 1. The van der Waals surface area contributed by atoms with E-state index in [0.717, 1.165) is 6.42 Å². The van der Waals surface area contributed by atoms with E-state index in [9.17, 15) is 13.2 Å². The molecular formula is C5H10F3NO3. The molecular weight excluding hydrogens is 179 g/mol. The van der Waals surface area contributed by atoms with E-state index in [4.69, 9.17) is 15.0 Å². The predicted molar refractivity (Wildman–Crippen MR) is 30.2 cm³/mol. The molecule has 1 unspecified atom stereocenters. The first-order valence-electron chi connectivity index (χ1n) is 3.01. The maximum Gasteiger partial charge on any atom is 0.430 e. The van der Waals surface area contributed by atoms with Crippen LogP contribution in [0.3, 0.4) is 0 Å². The summed E-state index contributed by atoms with van der Waals surface area (Å²) in [6.45, 7) is 1.89. The summed E-state index contributed by atoms with van der Waals surface area (Å²) in [7, 11) is 0. The summed E-state index contributed by atoms with van der Waals surface area (Å²) >= 11 is 0. The van der Waals surface area contributed by atoms with Crippen molar-refractivity contribution >= 4 is 5.97 Å². The van der Waals surface area contributed by atoms with Crippen LogP contribution in [0.5, 0.6) is 0 Å². The van der Waals surface area contributed by atoms with Crippen molar-refractivity contribution in [2.24, 2.45) is 0 Å². The van der Waals surface area contributed by atoms with Crippen molar-refractivity contribution < 1.29 is 33.9 Å². The smallest absolute Gasteiger partial charge is 0.430 e. The molecule has 7 heteroatoms. The first kappa shape index (κ1) is 13.7. The molecule has 74 valence electrons. The van der Waals surface area contributed by atoms with Crippen LogP contribution in [0.15, 0.2) is 0 Å². The minimum atomic E-state index is -5.19. The summed E-state index contributed by atoms with van der Waals surface area (Å²) < 4.78 is 31.5. The van der Waals surface area contributed by atoms with Crippen LogP contribution in [0, 0.1) is 0 Å². The Morgan fingerprint density at radius 1 is 1.67 bits per heavy atom. The number of aliphatic hydroxyl groups is 1. The number of carbonyl (C=O) groups excluding carboxylic acids is 1. The van der Waals surface area contributed by atoms with Crippen molar-refractivity contribution in [3.63, 3.8) is 0 Å². The van der Waals surface area contributed by atoms with Crippen molar-refractivity contribution in [1.29, 1.82) is 0 Å². The summed E-state index contributed by atoms with van der Waals surface area (Å²) in [6, 6.07) is 0. The topological polar surface area (TPSA) is 88.0 Å². The molecule has 0 aliphatic carbocycles. The third-order valence-corrected chi connectivity index (χ3v) is 0.703. The van der Waals surface area contributed by atoms with Crippen LogP contribution in [0.2, 0.25) is 0 Å². The molecule has 0 aromatic rings. The Labute approximate surface area is 66.8 Å². The fourth-order valence-corrected chi connectivity index (χ4v) is 0. The van der Waals surface area contributed by atoms with Crippen molar-refractivity contribution in [2.75, 3.05) is 0 Å². The lowest BCUT2D eigenvalue weighted by Gasteiger charge is -2.03. The van der Waals surface area contributed by atoms with Crippen LogP contribution in [0.4, 0.5) is 13.2 Å². The van der Waals surface area contributed by atoms with Gasteiger partial charge in [0.05, 0.1) is 0 Å². The zero-order valence-electron chi connectivity index (χ0n) is 6.39. The van der Waals surface area contributed by atoms with Gasteiger partial charge in [0.2, 0.25) is 0 Å². The van der Waals surface area contributed by atoms with Gasteiger partial charge in [-0.3, -0.25) is 0 Å². The zero-order chi connectivity index (χ0) is 10.4. The summed E-state index contributed by atoms with van der Waals surface area (Å²) in [6.07, 6.45) is -4.81. The van der Waals surface area contributed by atoms with E-state index in [2.05, 4.69) is 5.73 Å². The first-order valence-corrected chi connectivity index (χ1v) is 3.01. The summed E-state index contributed by atoms with van der Waals surface area (Å²) in [5.74, 6) is -3.01. The molecule has 4 N–H and O–H groups in total. The third kappa shape index (κ3) is 11.9. The van der Waals surface area contributed by atoms with Crippen LogP contribution in [0.25, 0.3) is 0 Å². The number of quaternary nitrogens is 1. The predicted octanol–water partition coefficient (Wildman–Crippen LogP) is -1.74. The van der Waals surface area contributed by atoms with Gasteiger partial charge in [0.15, 0.2) is 6.23 Å². The molecule has 0 fully saturated rings. The van der Waals surface area contributed by atoms with Crippen LogP contribution < -0.4 is 10.8 Å². The van der Waals surface area contributed by atoms with Crippen LogP contribution in [-0.2, 0) is 4.79 Å². The molecule has 0 aromatic heterocycles. The highest BCUT2D eigenvalue weighted by Crippen LogP contribution is 2.11. The summed E-state index contributed by atoms with van der Waals surface area (Å²) in [5.41, 5.74) is 3.31. The summed E-state index contributed by atoms with van der Waals surface area (Å²) in [4.78, 5) is 8.78. The lowest BCUT2D eigenvalue weighted by Crippen LogP contribution is -2.60. The highest BCUT2D eigenvalue weighted by atomic mass is 19.4. The van der Waals surface area contributed by atoms with Crippen molar-refractivity contribution in [3.8, 4) is 0 Å². The molecule has 4 nitrogen and oxygen atoms in total. The second-order valence-electron chi connectivity index (χ2n) is 1.85. The number of hydrogen-bond acceptors (Lipinski definition) is 3. The Morgan fingerprint density at radius 3 is 1.83 bits per heavy atom. The Kier molecular flexibility index (Phi) is 6.63. The van der Waals surface area contributed by atoms with E-state index in [1.54, 1.807) is 0 Å². The maximum absolute atomic E-state index is 10.5. The van der Waals surface area contributed by atoms with Gasteiger partial charge in [0.1, 0.15) is 5.97 Å². The van der Waals surface area contributed by atoms with Crippen molar-refractivity contribution in [1.82, 2.24) is 0 Å². The zero-order valence-corrected chi connectivity index (χ0v) is 6.39. The Morgan fingerprint density at radius 2 is 1.83 bits per heavy atom. The van der Waals surface area contributed by atoms with E-state index >= 15 is 0 Å². The Balaban J connectivity index is 0. The number of halogens is 3. The Bertz CT molecular complexity index is 134. The molecule has 0 aromatic carbocycles. The molecule has 0 rings (SSSR count). The number of rotatable bonds is 1. The van der Waals surface area contributed by atoms with Crippen molar-refractivity contribution in [3.05, 3.63) is 0 Å². The minimum absolute atomic E-state index is 0.366. The standard InChI is InChI=1S/C3H9NO.C2HF3O2/c1-2-3(4)5;3-2(4,5)1(6)7/h3,5H,2,4H2,1H3;(H,6,7). The van der Waals surface area contributed by atoms with E-state index < -0.39 is 12.1 Å². The normalized spacial score (nSPS) is 12.8. The molecule has 0 spiro atoms. The Hall–Kier alpha value is -0.820. The van der Waals surface area contributed by atoms with Crippen LogP contribution >= 0.6 is 0 Å². The molecule has 0 aliphatic rings. The van der Waals surface area contributed by atoms with E-state index in [1.807, 2.05) is 6.92 Å². The SMILES string of the molecule is CCC([NH3+])O.O=C([O-])C(F)(F)F. The number of carboxylic acid groups (broad SMARTS) is 1. The maximum atomic E-state index is 10.5. The molecule has 0 heterocycles. The number of alkyl halides is 3. The quantitative estimate of drug-likeness (QED) is 0.480. The average molecular weight is 189 g/mol. The van der Waals surface area contributed by atoms with E-state index in [-0.39, 0.29) is 6.23 Å². The fourth-order valence-electron chi connectivity index (χ4n) is 0. The molecule has 0 bridgehead atoms. The average Bonchev–Trinajstić information content (AvgIpc) is 1.87. The first-order chi connectivity index (χ1) is 5.21. The number of carboxylic acids is 1. The molecule has 1 atom stereocenters. The monoisotopic (exact) mass is 189 g/mol. The number of aliphatic hydroxyl groups excluding tert-OH is 1. The largest absolute Gasteiger partial charge is 0.542 e. The van der Waals surface area contributed by atoms with Gasteiger partial charge in [-0.2, -0.15) is 13.2 Å². The second kappa shape index (κ2) is 5.78. The van der Waals surface area contributed by atoms with Gasteiger partial charge >= 0.3 is 6.18 Å². The van der Waals surface area contributed by atoms with Gasteiger partial charge in [0.25, 0.3) is 0 Å². The fraction of sp³-hybridized carbons (Fsp3) is 0.800. The van der Waals surface area contributed by atoms with Gasteiger partial charge in [-0.15, -0.1) is 0 Å². The molecule has 0 saturated heterocycles. The van der Waals surface area contributed by atoms with Gasteiger partial charge in [0, 0.05) is 6.42 Å². The van der Waals surface area contributed by atoms with Gasteiger partial charge in [-0.1, -0.05) is 6.92 Å². The lowest BCUT2D eigenvalue weighted by atomic mass is 10.5. The number of carbonyl (C=O) groups is 1. The van der Waals surface area contributed by atoms with E-state index in [0.29, 0.717) is 0 Å². The van der Waals surface area contributed by atoms with Crippen molar-refractivity contribution in [2.45, 2.75) is 25.7 Å². The van der Waals surface area contributed by atoms with Crippen LogP contribution in [0.1, 0.15) is 13.3 Å². The highest BCUT2D eigenvalue weighted by Gasteiger charge is 2.28. The summed E-state index contributed by atoms with van der Waals surface area (Å²) in [5, 5.41) is 17.0. The second-order valence-corrected chi connectivity index (χ2v) is 1.85. The number of hydrogen-bond donors (Lipinski definition) is 2. The van der Waals surface area contributed by atoms with E-state index in [1.165, 1.54) is 0 Å². The molecule has 12 heavy (non-hydrogen) atoms. The van der Waals surface area contributed by atoms with Gasteiger partial charge in [-0.05, 0) is 0 Å². The van der Waals surface area contributed by atoms with Gasteiger partial charge < -0.3 is 20.7 Å².